The zero-order chi connectivity index (χ0) is 11.0. The van der Waals surface area contributed by atoms with Gasteiger partial charge in [-0.2, -0.15) is 0 Å². The van der Waals surface area contributed by atoms with Crippen LogP contribution in [0.5, 0.6) is 0 Å². The molecule has 0 saturated carbocycles. The fourth-order valence-electron chi connectivity index (χ4n) is 0.908. The molecule has 0 fully saturated rings. The number of ketones is 1. The van der Waals surface area contributed by atoms with E-state index in [0.717, 1.165) is 0 Å². The first-order valence-electron chi connectivity index (χ1n) is 4.56. The number of Topliss-reactive ketones (excluding diaryl/α,β-unsaturated/α-hetero) is 1. The van der Waals surface area contributed by atoms with Gasteiger partial charge in [0.2, 0.25) is 0 Å². The zero-order valence-corrected chi connectivity index (χ0v) is 9.79. The molecule has 0 N–H and O–H groups in total. The minimum atomic E-state index is 0.0463. The monoisotopic (exact) mass is 185 g/mol. The molecule has 2 nitrogen and oxygen atoms in total. The quantitative estimate of drug-likeness (QED) is 0.628. The van der Waals surface area contributed by atoms with Gasteiger partial charge in [0.1, 0.15) is 5.78 Å². The van der Waals surface area contributed by atoms with Crippen LogP contribution in [0.1, 0.15) is 20.8 Å². The van der Waals surface area contributed by atoms with E-state index in [0.29, 0.717) is 5.92 Å². The molecule has 0 aromatic rings. The number of allylic oxidation sites excluding steroid dienone is 1. The molecule has 0 aliphatic rings. The average Bonchev–Trinajstić information content (AvgIpc) is 1.84. The van der Waals surface area contributed by atoms with Gasteiger partial charge in [0.15, 0.2) is 0 Å². The van der Waals surface area contributed by atoms with Crippen LogP contribution < -0.4 is 0 Å². The molecule has 0 heterocycles. The number of hydrogen-bond acceptors (Lipinski definition) is 2. The lowest BCUT2D eigenvalue weighted by Crippen LogP contribution is -2.13. The molecule has 0 rings (SSSR count). The minimum absolute atomic E-state index is 0.0463. The molecule has 0 spiro atoms. The van der Waals surface area contributed by atoms with Crippen molar-refractivity contribution in [3.63, 3.8) is 0 Å². The van der Waals surface area contributed by atoms with E-state index >= 15 is 0 Å². The molecular weight excluding hydrogens is 162 g/mol. The fraction of sp³-hybridized carbons (Fsp3) is 0.727. The van der Waals surface area contributed by atoms with Crippen LogP contribution in [-0.4, -0.2) is 31.8 Å². The Balaban J connectivity index is 0. The van der Waals surface area contributed by atoms with Gasteiger partial charge < -0.3 is 4.90 Å². The van der Waals surface area contributed by atoms with Gasteiger partial charge in [0.05, 0.1) is 0 Å². The molecule has 0 amide bonds. The summed E-state index contributed by atoms with van der Waals surface area (Å²) in [7, 11) is 6.00. The van der Waals surface area contributed by atoms with Gasteiger partial charge in [0.25, 0.3) is 0 Å². The molecule has 78 valence electrons. The summed E-state index contributed by atoms with van der Waals surface area (Å²) in [6.45, 7) is 9.23. The van der Waals surface area contributed by atoms with Crippen molar-refractivity contribution in [1.82, 2.24) is 4.90 Å². The van der Waals surface area contributed by atoms with Crippen molar-refractivity contribution in [2.75, 3.05) is 21.1 Å². The topological polar surface area (TPSA) is 20.3 Å². The second-order valence-corrected chi connectivity index (χ2v) is 3.96. The summed E-state index contributed by atoms with van der Waals surface area (Å²) in [5.74, 6) is 0.644. The predicted octanol–water partition coefficient (Wildman–Crippen LogP) is 2.21. The number of carbonyl (C=O) groups excluding carboxylic acids is 1. The van der Waals surface area contributed by atoms with Crippen LogP contribution in [0, 0.1) is 11.8 Å². The second-order valence-electron chi connectivity index (χ2n) is 3.96. The van der Waals surface area contributed by atoms with Crippen LogP contribution in [0.4, 0.5) is 0 Å². The summed E-state index contributed by atoms with van der Waals surface area (Å²) in [5, 5.41) is 0. The minimum Gasteiger partial charge on any atom is -0.312 e. The van der Waals surface area contributed by atoms with E-state index in [4.69, 9.17) is 0 Å². The maximum absolute atomic E-state index is 10.7. The first-order chi connectivity index (χ1) is 5.82. The van der Waals surface area contributed by atoms with E-state index in [9.17, 15) is 4.79 Å². The molecule has 0 aromatic carbocycles. The highest BCUT2D eigenvalue weighted by Gasteiger charge is 2.12. The van der Waals surface area contributed by atoms with Crippen LogP contribution in [0.3, 0.4) is 0 Å². The highest BCUT2D eigenvalue weighted by molar-refractivity contribution is 5.80. The van der Waals surface area contributed by atoms with Crippen molar-refractivity contribution in [2.45, 2.75) is 20.8 Å². The molecule has 0 aliphatic heterocycles. The Morgan fingerprint density at radius 3 is 1.62 bits per heavy atom. The maximum Gasteiger partial charge on any atom is 0.136 e. The fourth-order valence-corrected chi connectivity index (χ4v) is 0.908. The lowest BCUT2D eigenvalue weighted by Gasteiger charge is -2.11. The summed E-state index contributed by atoms with van der Waals surface area (Å²) in [6, 6.07) is 0. The van der Waals surface area contributed by atoms with Crippen LogP contribution >= 0.6 is 0 Å². The largest absolute Gasteiger partial charge is 0.312 e. The van der Waals surface area contributed by atoms with E-state index < -0.39 is 0 Å². The van der Waals surface area contributed by atoms with Crippen molar-refractivity contribution < 1.29 is 4.79 Å². The van der Waals surface area contributed by atoms with Crippen molar-refractivity contribution >= 4 is 5.78 Å². The van der Waals surface area contributed by atoms with E-state index in [1.165, 1.54) is 0 Å². The van der Waals surface area contributed by atoms with E-state index in [2.05, 4.69) is 6.58 Å². The third-order valence-electron chi connectivity index (χ3n) is 1.44. The van der Waals surface area contributed by atoms with Crippen molar-refractivity contribution in [1.29, 1.82) is 0 Å². The normalized spacial score (nSPS) is 12.0. The average molecular weight is 185 g/mol. The third kappa shape index (κ3) is 11.4. The molecule has 1 atom stereocenters. The Morgan fingerprint density at radius 2 is 1.62 bits per heavy atom. The van der Waals surface area contributed by atoms with Crippen molar-refractivity contribution in [3.05, 3.63) is 12.7 Å². The van der Waals surface area contributed by atoms with Gasteiger partial charge in [0, 0.05) is 5.92 Å². The maximum atomic E-state index is 10.7. The third-order valence-corrected chi connectivity index (χ3v) is 1.44. The molecule has 1 unspecified atom stereocenters. The predicted molar refractivity (Wildman–Crippen MR) is 58.8 cm³/mol. The zero-order valence-electron chi connectivity index (χ0n) is 9.79. The van der Waals surface area contributed by atoms with Crippen LogP contribution in [-0.2, 0) is 4.79 Å². The number of carbonyl (C=O) groups is 1. The number of nitrogens with zero attached hydrogens (tertiary/aromatic N) is 1. The molecule has 2 heteroatoms. The summed E-state index contributed by atoms with van der Waals surface area (Å²) in [4.78, 5) is 12.7. The summed E-state index contributed by atoms with van der Waals surface area (Å²) >= 11 is 0. The molecule has 0 radical (unpaired) electrons. The highest BCUT2D eigenvalue weighted by Crippen LogP contribution is 2.11. The van der Waals surface area contributed by atoms with Crippen LogP contribution in [0.25, 0.3) is 0 Å². The standard InChI is InChI=1S/C8H14O.C3H9N/c1-5-8(6(2)3)7(4)9;1-4(2)3/h5-6,8H,1H2,2-4H3;1-3H3. The Labute approximate surface area is 82.6 Å². The molecule has 13 heavy (non-hydrogen) atoms. The Morgan fingerprint density at radius 1 is 1.31 bits per heavy atom. The SMILES string of the molecule is C=CC(C(C)=O)C(C)C.CN(C)C. The van der Waals surface area contributed by atoms with Gasteiger partial charge in [-0.05, 0) is 34.0 Å². The van der Waals surface area contributed by atoms with Gasteiger partial charge in [-0.3, -0.25) is 4.79 Å². The highest BCUT2D eigenvalue weighted by atomic mass is 16.1. The van der Waals surface area contributed by atoms with Gasteiger partial charge in [-0.15, -0.1) is 6.58 Å². The van der Waals surface area contributed by atoms with Crippen LogP contribution in [0.15, 0.2) is 12.7 Å². The summed E-state index contributed by atoms with van der Waals surface area (Å²) < 4.78 is 0. The van der Waals surface area contributed by atoms with E-state index in [1.54, 1.807) is 13.0 Å². The van der Waals surface area contributed by atoms with Crippen molar-refractivity contribution in [3.8, 4) is 0 Å². The molecule has 0 aliphatic carbocycles. The Hall–Kier alpha value is -0.630. The van der Waals surface area contributed by atoms with Crippen LogP contribution in [0.2, 0.25) is 0 Å². The summed E-state index contributed by atoms with van der Waals surface area (Å²) in [6.07, 6.45) is 1.72. The van der Waals surface area contributed by atoms with E-state index in [1.807, 2.05) is 39.9 Å². The van der Waals surface area contributed by atoms with Crippen molar-refractivity contribution in [2.24, 2.45) is 11.8 Å². The Kier molecular flexibility index (Phi) is 9.14. The lowest BCUT2D eigenvalue weighted by atomic mass is 9.93. The molecule has 0 bridgehead atoms. The smallest absolute Gasteiger partial charge is 0.136 e. The second kappa shape index (κ2) is 7.99. The van der Waals surface area contributed by atoms with Gasteiger partial charge in [-0.25, -0.2) is 0 Å². The molecule has 0 saturated heterocycles. The number of rotatable bonds is 3. The first kappa shape index (κ1) is 14.9. The lowest BCUT2D eigenvalue weighted by molar-refractivity contribution is -0.120. The summed E-state index contributed by atoms with van der Waals surface area (Å²) in [5.41, 5.74) is 0. The molecule has 0 aromatic heterocycles. The molecular formula is C11H23NO. The van der Waals surface area contributed by atoms with Gasteiger partial charge in [-0.1, -0.05) is 19.9 Å². The first-order valence-corrected chi connectivity index (χ1v) is 4.56. The Bertz CT molecular complexity index is 147. The van der Waals surface area contributed by atoms with E-state index in [-0.39, 0.29) is 11.7 Å². The van der Waals surface area contributed by atoms with Gasteiger partial charge >= 0.3 is 0 Å². The number of hydrogen-bond donors (Lipinski definition) is 0.